The van der Waals surface area contributed by atoms with Gasteiger partial charge < -0.3 is 9.73 Å². The predicted octanol–water partition coefficient (Wildman–Crippen LogP) is 3.74. The summed E-state index contributed by atoms with van der Waals surface area (Å²) in [6.07, 6.45) is 0. The van der Waals surface area contributed by atoms with Crippen LogP contribution in [0.25, 0.3) is 0 Å². The van der Waals surface area contributed by atoms with Crippen LogP contribution in [-0.4, -0.2) is 5.91 Å². The van der Waals surface area contributed by atoms with Crippen molar-refractivity contribution < 1.29 is 13.6 Å². The number of hydrogen-bond acceptors (Lipinski definition) is 2. The normalized spacial score (nSPS) is 10.3. The first kappa shape index (κ1) is 11.9. The second-order valence-electron chi connectivity index (χ2n) is 3.52. The van der Waals surface area contributed by atoms with Crippen molar-refractivity contribution in [2.24, 2.45) is 0 Å². The quantitative estimate of drug-likeness (QED) is 0.917. The average molecular weight is 298 g/mol. The largest absolute Gasteiger partial charge is 0.444 e. The molecule has 0 spiro atoms. The van der Waals surface area contributed by atoms with Gasteiger partial charge in [0.1, 0.15) is 5.82 Å². The lowest BCUT2D eigenvalue weighted by Gasteiger charge is -2.04. The summed E-state index contributed by atoms with van der Waals surface area (Å²) in [5.41, 5.74) is 0.925. The van der Waals surface area contributed by atoms with E-state index in [-0.39, 0.29) is 11.6 Å². The van der Waals surface area contributed by atoms with Crippen molar-refractivity contribution in [2.45, 2.75) is 6.92 Å². The third-order valence-corrected chi connectivity index (χ3v) is 2.65. The summed E-state index contributed by atoms with van der Waals surface area (Å²) in [6, 6.07) is 7.65. The number of aryl methyl sites for hydroxylation is 1. The number of anilines is 1. The highest BCUT2D eigenvalue weighted by Crippen LogP contribution is 2.17. The van der Waals surface area contributed by atoms with Crippen LogP contribution in [-0.2, 0) is 0 Å². The fourth-order valence-corrected chi connectivity index (χ4v) is 1.61. The van der Waals surface area contributed by atoms with Gasteiger partial charge in [-0.05, 0) is 52.7 Å². The number of nitrogens with one attached hydrogen (secondary N) is 1. The van der Waals surface area contributed by atoms with E-state index in [0.29, 0.717) is 15.9 Å². The highest BCUT2D eigenvalue weighted by atomic mass is 79.9. The molecule has 0 aliphatic carbocycles. The summed E-state index contributed by atoms with van der Waals surface area (Å²) in [7, 11) is 0. The SMILES string of the molecule is Cc1ccc(NC(=O)c2ccc(Br)o2)cc1F. The summed E-state index contributed by atoms with van der Waals surface area (Å²) in [5.74, 6) is -0.611. The van der Waals surface area contributed by atoms with Crippen molar-refractivity contribution >= 4 is 27.5 Å². The molecule has 2 rings (SSSR count). The van der Waals surface area contributed by atoms with Gasteiger partial charge in [0.2, 0.25) is 0 Å². The van der Waals surface area contributed by atoms with Crippen molar-refractivity contribution in [3.63, 3.8) is 0 Å². The minimum atomic E-state index is -0.418. The van der Waals surface area contributed by atoms with Crippen LogP contribution >= 0.6 is 15.9 Å². The Labute approximate surface area is 106 Å². The number of amides is 1. The van der Waals surface area contributed by atoms with Crippen LogP contribution in [0.3, 0.4) is 0 Å². The number of benzene rings is 1. The van der Waals surface area contributed by atoms with E-state index in [0.717, 1.165) is 0 Å². The van der Waals surface area contributed by atoms with Gasteiger partial charge in [-0.15, -0.1) is 0 Å². The summed E-state index contributed by atoms with van der Waals surface area (Å²) < 4.78 is 18.8. The molecule has 0 aliphatic rings. The molecule has 1 heterocycles. The number of rotatable bonds is 2. The van der Waals surface area contributed by atoms with E-state index >= 15 is 0 Å². The minimum absolute atomic E-state index is 0.165. The smallest absolute Gasteiger partial charge is 0.291 e. The van der Waals surface area contributed by atoms with Gasteiger partial charge in [-0.2, -0.15) is 0 Å². The van der Waals surface area contributed by atoms with E-state index in [1.165, 1.54) is 12.1 Å². The number of furan rings is 1. The third-order valence-electron chi connectivity index (χ3n) is 2.23. The lowest BCUT2D eigenvalue weighted by atomic mass is 10.2. The average Bonchev–Trinajstić information content (AvgIpc) is 2.70. The van der Waals surface area contributed by atoms with Gasteiger partial charge in [-0.1, -0.05) is 6.07 Å². The van der Waals surface area contributed by atoms with Crippen molar-refractivity contribution in [1.82, 2.24) is 0 Å². The van der Waals surface area contributed by atoms with Crippen molar-refractivity contribution in [1.29, 1.82) is 0 Å². The van der Waals surface area contributed by atoms with Gasteiger partial charge >= 0.3 is 0 Å². The van der Waals surface area contributed by atoms with Gasteiger partial charge in [0, 0.05) is 5.69 Å². The molecule has 1 aromatic carbocycles. The molecule has 0 unspecified atom stereocenters. The second kappa shape index (κ2) is 4.71. The second-order valence-corrected chi connectivity index (χ2v) is 4.30. The van der Waals surface area contributed by atoms with Crippen LogP contribution in [0.4, 0.5) is 10.1 Å². The molecule has 0 atom stereocenters. The van der Waals surface area contributed by atoms with Crippen LogP contribution in [0, 0.1) is 12.7 Å². The van der Waals surface area contributed by atoms with E-state index in [1.807, 2.05) is 0 Å². The molecule has 0 aliphatic heterocycles. The van der Waals surface area contributed by atoms with Crippen LogP contribution in [0.1, 0.15) is 16.1 Å². The van der Waals surface area contributed by atoms with Crippen LogP contribution in [0.5, 0.6) is 0 Å². The first-order valence-corrected chi connectivity index (χ1v) is 5.68. The highest BCUT2D eigenvalue weighted by molar-refractivity contribution is 9.10. The molecule has 0 fully saturated rings. The monoisotopic (exact) mass is 297 g/mol. The molecule has 1 aromatic heterocycles. The lowest BCUT2D eigenvalue weighted by molar-refractivity contribution is 0.0995. The Balaban J connectivity index is 2.15. The first-order valence-electron chi connectivity index (χ1n) is 4.89. The van der Waals surface area contributed by atoms with Gasteiger partial charge in [-0.3, -0.25) is 4.79 Å². The molecule has 3 nitrogen and oxygen atoms in total. The predicted molar refractivity (Wildman–Crippen MR) is 65.5 cm³/mol. The molecule has 0 bridgehead atoms. The molecule has 17 heavy (non-hydrogen) atoms. The van der Waals surface area contributed by atoms with E-state index in [9.17, 15) is 9.18 Å². The zero-order chi connectivity index (χ0) is 12.4. The molecular formula is C12H9BrFNO2. The summed E-state index contributed by atoms with van der Waals surface area (Å²) in [5, 5.41) is 2.55. The lowest BCUT2D eigenvalue weighted by Crippen LogP contribution is -2.11. The maximum Gasteiger partial charge on any atom is 0.291 e. The first-order chi connectivity index (χ1) is 8.06. The molecule has 1 amide bonds. The molecule has 0 saturated heterocycles. The van der Waals surface area contributed by atoms with Crippen molar-refractivity contribution in [3.05, 3.63) is 52.1 Å². The molecule has 88 valence electrons. The van der Waals surface area contributed by atoms with Gasteiger partial charge in [0.15, 0.2) is 10.4 Å². The topological polar surface area (TPSA) is 42.2 Å². The third kappa shape index (κ3) is 2.74. The molecular weight excluding hydrogens is 289 g/mol. The van der Waals surface area contributed by atoms with Crippen LogP contribution in [0.2, 0.25) is 0 Å². The van der Waals surface area contributed by atoms with Crippen LogP contribution in [0.15, 0.2) is 39.4 Å². The number of carbonyl (C=O) groups excluding carboxylic acids is 1. The Kier molecular flexibility index (Phi) is 3.28. The highest BCUT2D eigenvalue weighted by Gasteiger charge is 2.11. The van der Waals surface area contributed by atoms with E-state index in [2.05, 4.69) is 21.2 Å². The van der Waals surface area contributed by atoms with Crippen molar-refractivity contribution in [2.75, 3.05) is 5.32 Å². The molecule has 5 heteroatoms. The maximum atomic E-state index is 13.3. The number of carbonyl (C=O) groups is 1. The van der Waals surface area contributed by atoms with Crippen LogP contribution < -0.4 is 5.32 Å². The molecule has 2 aromatic rings. The number of hydrogen-bond donors (Lipinski definition) is 1. The van der Waals surface area contributed by atoms with E-state index < -0.39 is 5.91 Å². The summed E-state index contributed by atoms with van der Waals surface area (Å²) >= 11 is 3.10. The Morgan fingerprint density at radius 3 is 2.71 bits per heavy atom. The fraction of sp³-hybridized carbons (Fsp3) is 0.0833. The maximum absolute atomic E-state index is 13.3. The Hall–Kier alpha value is -1.62. The Morgan fingerprint density at radius 1 is 1.35 bits per heavy atom. The van der Waals surface area contributed by atoms with Gasteiger partial charge in [0.05, 0.1) is 0 Å². The zero-order valence-electron chi connectivity index (χ0n) is 8.96. The fourth-order valence-electron chi connectivity index (χ4n) is 1.30. The van der Waals surface area contributed by atoms with E-state index in [1.54, 1.807) is 25.1 Å². The number of halogens is 2. The summed E-state index contributed by atoms with van der Waals surface area (Å²) in [6.45, 7) is 1.66. The Bertz CT molecular complexity index is 565. The van der Waals surface area contributed by atoms with Crippen molar-refractivity contribution in [3.8, 4) is 0 Å². The standard InChI is InChI=1S/C12H9BrFNO2/c1-7-2-3-8(6-9(7)14)15-12(16)10-4-5-11(13)17-10/h2-6H,1H3,(H,15,16). The Morgan fingerprint density at radius 2 is 2.12 bits per heavy atom. The molecule has 0 radical (unpaired) electrons. The minimum Gasteiger partial charge on any atom is -0.444 e. The van der Waals surface area contributed by atoms with E-state index in [4.69, 9.17) is 4.42 Å². The molecule has 0 saturated carbocycles. The van der Waals surface area contributed by atoms with Gasteiger partial charge in [-0.25, -0.2) is 4.39 Å². The zero-order valence-corrected chi connectivity index (χ0v) is 10.5. The van der Waals surface area contributed by atoms with Gasteiger partial charge in [0.25, 0.3) is 5.91 Å². The summed E-state index contributed by atoms with van der Waals surface area (Å²) in [4.78, 5) is 11.7. The molecule has 1 N–H and O–H groups in total.